The largest absolute Gasteiger partial charge is 0.296 e. The number of piperazine rings is 1. The van der Waals surface area contributed by atoms with Gasteiger partial charge in [-0.25, -0.2) is 8.78 Å². The highest BCUT2D eigenvalue weighted by Crippen LogP contribution is 2.16. The van der Waals surface area contributed by atoms with Crippen LogP contribution in [0.25, 0.3) is 0 Å². The van der Waals surface area contributed by atoms with E-state index in [4.69, 9.17) is 5.26 Å². The van der Waals surface area contributed by atoms with Crippen LogP contribution in [0, 0.1) is 23.0 Å². The standard InChI is InChI=1S/C15H19F2N3/c1-2-12(10-18)20-8-6-19(7-9-20)11-13-14(16)4-3-5-15(13)17/h3-5,12H,2,6-9,11H2,1H3. The number of hydrogen-bond donors (Lipinski definition) is 0. The van der Waals surface area contributed by atoms with Gasteiger partial charge in [-0.1, -0.05) is 13.0 Å². The first-order chi connectivity index (χ1) is 9.65. The van der Waals surface area contributed by atoms with E-state index in [1.165, 1.54) is 18.2 Å². The summed E-state index contributed by atoms with van der Waals surface area (Å²) in [6, 6.07) is 6.20. The molecule has 1 fully saturated rings. The summed E-state index contributed by atoms with van der Waals surface area (Å²) in [5.74, 6) is -0.980. The summed E-state index contributed by atoms with van der Waals surface area (Å²) in [7, 11) is 0. The fourth-order valence-corrected chi connectivity index (χ4v) is 2.57. The van der Waals surface area contributed by atoms with Crippen molar-refractivity contribution in [3.8, 4) is 6.07 Å². The Bertz CT molecular complexity index is 470. The van der Waals surface area contributed by atoms with Gasteiger partial charge < -0.3 is 0 Å². The van der Waals surface area contributed by atoms with Gasteiger partial charge in [-0.2, -0.15) is 5.26 Å². The van der Waals surface area contributed by atoms with Gasteiger partial charge in [-0.05, 0) is 18.6 Å². The zero-order valence-corrected chi connectivity index (χ0v) is 11.6. The van der Waals surface area contributed by atoms with Crippen molar-refractivity contribution in [2.24, 2.45) is 0 Å². The number of halogens is 2. The Morgan fingerprint density at radius 2 is 1.80 bits per heavy atom. The smallest absolute Gasteiger partial charge is 0.130 e. The van der Waals surface area contributed by atoms with Gasteiger partial charge in [0.1, 0.15) is 11.6 Å². The lowest BCUT2D eigenvalue weighted by Gasteiger charge is -2.36. The molecule has 2 rings (SSSR count). The highest BCUT2D eigenvalue weighted by Gasteiger charge is 2.23. The molecule has 0 radical (unpaired) electrons. The van der Waals surface area contributed by atoms with Crippen molar-refractivity contribution in [3.63, 3.8) is 0 Å². The zero-order chi connectivity index (χ0) is 14.5. The molecule has 0 N–H and O–H groups in total. The number of rotatable bonds is 4. The van der Waals surface area contributed by atoms with Gasteiger partial charge in [-0.15, -0.1) is 0 Å². The first-order valence-corrected chi connectivity index (χ1v) is 6.94. The van der Waals surface area contributed by atoms with Crippen LogP contribution < -0.4 is 0 Å². The molecular weight excluding hydrogens is 260 g/mol. The molecule has 0 aliphatic carbocycles. The minimum absolute atomic E-state index is 0.0534. The fourth-order valence-electron chi connectivity index (χ4n) is 2.57. The number of hydrogen-bond acceptors (Lipinski definition) is 3. The molecular formula is C15H19F2N3. The first kappa shape index (κ1) is 14.9. The Kier molecular flexibility index (Phi) is 5.05. The monoisotopic (exact) mass is 279 g/mol. The molecule has 1 heterocycles. The number of nitriles is 1. The van der Waals surface area contributed by atoms with Crippen LogP contribution in [-0.2, 0) is 6.54 Å². The summed E-state index contributed by atoms with van der Waals surface area (Å²) in [4.78, 5) is 4.16. The molecule has 1 aliphatic rings. The van der Waals surface area contributed by atoms with E-state index in [1.807, 2.05) is 11.8 Å². The van der Waals surface area contributed by atoms with Crippen LogP contribution in [0.1, 0.15) is 18.9 Å². The van der Waals surface area contributed by atoms with Gasteiger partial charge in [0.05, 0.1) is 12.1 Å². The molecule has 0 saturated carbocycles. The van der Waals surface area contributed by atoms with Crippen LogP contribution in [0.2, 0.25) is 0 Å². The van der Waals surface area contributed by atoms with Crippen molar-refractivity contribution in [1.29, 1.82) is 5.26 Å². The summed E-state index contributed by atoms with van der Waals surface area (Å²) >= 11 is 0. The molecule has 1 aromatic carbocycles. The average molecular weight is 279 g/mol. The Morgan fingerprint density at radius 1 is 1.20 bits per heavy atom. The third-order valence-corrected chi connectivity index (χ3v) is 3.83. The second kappa shape index (κ2) is 6.78. The maximum Gasteiger partial charge on any atom is 0.130 e. The molecule has 1 aromatic rings. The first-order valence-electron chi connectivity index (χ1n) is 6.94. The van der Waals surface area contributed by atoms with Gasteiger partial charge in [0.15, 0.2) is 0 Å². The third kappa shape index (κ3) is 3.33. The van der Waals surface area contributed by atoms with Gasteiger partial charge in [0.25, 0.3) is 0 Å². The minimum atomic E-state index is -0.490. The van der Waals surface area contributed by atoms with Crippen LogP contribution in [0.15, 0.2) is 18.2 Å². The van der Waals surface area contributed by atoms with Gasteiger partial charge in [0.2, 0.25) is 0 Å². The Morgan fingerprint density at radius 3 is 2.30 bits per heavy atom. The molecule has 3 nitrogen and oxygen atoms in total. The van der Waals surface area contributed by atoms with E-state index in [2.05, 4.69) is 11.0 Å². The second-order valence-corrected chi connectivity index (χ2v) is 5.07. The molecule has 0 aromatic heterocycles. The molecule has 1 atom stereocenters. The predicted octanol–water partition coefficient (Wildman–Crippen LogP) is 2.38. The lowest BCUT2D eigenvalue weighted by molar-refractivity contribution is 0.106. The van der Waals surface area contributed by atoms with Crippen molar-refractivity contribution >= 4 is 0 Å². The quantitative estimate of drug-likeness (QED) is 0.847. The summed E-state index contributed by atoms with van der Waals surface area (Å²) < 4.78 is 27.2. The second-order valence-electron chi connectivity index (χ2n) is 5.07. The molecule has 1 unspecified atom stereocenters. The van der Waals surface area contributed by atoms with E-state index in [0.717, 1.165) is 32.6 Å². The van der Waals surface area contributed by atoms with Crippen LogP contribution in [0.3, 0.4) is 0 Å². The summed E-state index contributed by atoms with van der Waals surface area (Å²) in [5.41, 5.74) is 0.133. The van der Waals surface area contributed by atoms with Crippen LogP contribution in [0.4, 0.5) is 8.78 Å². The SMILES string of the molecule is CCC(C#N)N1CCN(Cc2c(F)cccc2F)CC1. The van der Waals surface area contributed by atoms with E-state index >= 15 is 0 Å². The fraction of sp³-hybridized carbons (Fsp3) is 0.533. The van der Waals surface area contributed by atoms with E-state index in [9.17, 15) is 8.78 Å². The van der Waals surface area contributed by atoms with Crippen LogP contribution >= 0.6 is 0 Å². The van der Waals surface area contributed by atoms with Crippen molar-refractivity contribution in [1.82, 2.24) is 9.80 Å². The van der Waals surface area contributed by atoms with Crippen molar-refractivity contribution in [2.45, 2.75) is 25.9 Å². The Balaban J connectivity index is 1.94. The van der Waals surface area contributed by atoms with E-state index < -0.39 is 11.6 Å². The van der Waals surface area contributed by atoms with Gasteiger partial charge in [0, 0.05) is 38.3 Å². The summed E-state index contributed by atoms with van der Waals surface area (Å²) in [5, 5.41) is 9.05. The normalized spacial score (nSPS) is 18.7. The van der Waals surface area contributed by atoms with E-state index in [0.29, 0.717) is 0 Å². The predicted molar refractivity (Wildman–Crippen MR) is 72.9 cm³/mol. The van der Waals surface area contributed by atoms with E-state index in [1.54, 1.807) is 0 Å². The maximum absolute atomic E-state index is 13.6. The lowest BCUT2D eigenvalue weighted by atomic mass is 10.1. The van der Waals surface area contributed by atoms with E-state index in [-0.39, 0.29) is 18.2 Å². The molecule has 108 valence electrons. The molecule has 1 saturated heterocycles. The van der Waals surface area contributed by atoms with Gasteiger partial charge >= 0.3 is 0 Å². The molecule has 0 spiro atoms. The average Bonchev–Trinajstić information content (AvgIpc) is 2.46. The molecule has 1 aliphatic heterocycles. The van der Waals surface area contributed by atoms with Gasteiger partial charge in [-0.3, -0.25) is 9.80 Å². The van der Waals surface area contributed by atoms with Crippen LogP contribution in [-0.4, -0.2) is 42.0 Å². The Hall–Kier alpha value is -1.51. The Labute approximate surface area is 118 Å². The minimum Gasteiger partial charge on any atom is -0.296 e. The summed E-state index contributed by atoms with van der Waals surface area (Å²) in [6.07, 6.45) is 0.804. The highest BCUT2D eigenvalue weighted by molar-refractivity contribution is 5.19. The van der Waals surface area contributed by atoms with Crippen molar-refractivity contribution < 1.29 is 8.78 Å². The topological polar surface area (TPSA) is 30.3 Å². The highest BCUT2D eigenvalue weighted by atomic mass is 19.1. The molecule has 0 bridgehead atoms. The third-order valence-electron chi connectivity index (χ3n) is 3.83. The molecule has 0 amide bonds. The number of benzene rings is 1. The summed E-state index contributed by atoms with van der Waals surface area (Å²) in [6.45, 7) is 5.27. The number of nitrogens with zero attached hydrogens (tertiary/aromatic N) is 3. The zero-order valence-electron chi connectivity index (χ0n) is 11.6. The maximum atomic E-state index is 13.6. The lowest BCUT2D eigenvalue weighted by Crippen LogP contribution is -2.49. The van der Waals surface area contributed by atoms with Crippen molar-refractivity contribution in [3.05, 3.63) is 35.4 Å². The van der Waals surface area contributed by atoms with Crippen LogP contribution in [0.5, 0.6) is 0 Å². The van der Waals surface area contributed by atoms with Crippen molar-refractivity contribution in [2.75, 3.05) is 26.2 Å². The molecule has 20 heavy (non-hydrogen) atoms. The molecule has 5 heteroatoms.